The molecule has 1 fully saturated rings. The maximum Gasteiger partial charge on any atom is 0.269 e. The van der Waals surface area contributed by atoms with Crippen LogP contribution in [0.2, 0.25) is 0 Å². The summed E-state index contributed by atoms with van der Waals surface area (Å²) in [6, 6.07) is 12.4. The van der Waals surface area contributed by atoms with Gasteiger partial charge in [0.05, 0.1) is 12.6 Å². The van der Waals surface area contributed by atoms with Crippen molar-refractivity contribution in [2.75, 3.05) is 40.3 Å². The van der Waals surface area contributed by atoms with Crippen molar-refractivity contribution in [3.8, 4) is 5.75 Å². The number of hydrogen-bond acceptors (Lipinski definition) is 5. The summed E-state index contributed by atoms with van der Waals surface area (Å²) in [5.41, 5.74) is 1.59. The minimum Gasteiger partial charge on any atom is -0.496 e. The molecule has 4 rings (SSSR count). The first-order chi connectivity index (χ1) is 13.9. The normalized spacial score (nSPS) is 15.3. The van der Waals surface area contributed by atoms with Gasteiger partial charge in [-0.25, -0.2) is 12.4 Å². The van der Waals surface area contributed by atoms with E-state index in [1.807, 2.05) is 18.2 Å². The highest BCUT2D eigenvalue weighted by Gasteiger charge is 2.26. The lowest BCUT2D eigenvalue weighted by Gasteiger charge is -2.32. The van der Waals surface area contributed by atoms with E-state index < -0.39 is 10.0 Å². The number of fused-ring (bicyclic) bond motifs is 1. The number of likely N-dealkylation sites (N-methyl/N-ethyl adjacent to an activating group) is 1. The summed E-state index contributed by atoms with van der Waals surface area (Å²) >= 11 is 3.38. The summed E-state index contributed by atoms with van der Waals surface area (Å²) < 4.78 is 34.5. The Hall–Kier alpha value is -1.29. The van der Waals surface area contributed by atoms with Gasteiger partial charge < -0.3 is 9.64 Å². The Morgan fingerprint density at radius 3 is 2.32 bits per heavy atom. The smallest absolute Gasteiger partial charge is 0.269 e. The summed E-state index contributed by atoms with van der Waals surface area (Å²) in [5, 5.41) is 0.851. The zero-order valence-electron chi connectivity index (χ0n) is 17.3. The number of nitrogens with zero attached hydrogens (tertiary/aromatic N) is 3. The number of aromatic nitrogens is 1. The lowest BCUT2D eigenvalue weighted by atomic mass is 10.1. The highest BCUT2D eigenvalue weighted by Crippen LogP contribution is 2.35. The summed E-state index contributed by atoms with van der Waals surface area (Å²) in [7, 11) is -0.0219. The van der Waals surface area contributed by atoms with E-state index in [9.17, 15) is 8.42 Å². The summed E-state index contributed by atoms with van der Waals surface area (Å²) in [5.74, 6) is 0.688. The van der Waals surface area contributed by atoms with Crippen LogP contribution in [0, 0.1) is 0 Å². The minimum atomic E-state index is -3.76. The van der Waals surface area contributed by atoms with Crippen molar-refractivity contribution in [3.05, 3.63) is 58.7 Å². The fraction of sp³-hybridized carbons (Fsp3) is 0.333. The van der Waals surface area contributed by atoms with Crippen LogP contribution >= 0.6 is 40.7 Å². The van der Waals surface area contributed by atoms with E-state index in [0.29, 0.717) is 22.3 Å². The molecule has 1 aliphatic heterocycles. The molecule has 1 saturated heterocycles. The number of methoxy groups -OCH3 is 1. The minimum absolute atomic E-state index is 0. The molecule has 0 saturated carbocycles. The molecule has 0 bridgehead atoms. The van der Waals surface area contributed by atoms with E-state index in [4.69, 9.17) is 4.74 Å². The van der Waals surface area contributed by atoms with Gasteiger partial charge in [0.2, 0.25) is 0 Å². The van der Waals surface area contributed by atoms with Gasteiger partial charge in [0, 0.05) is 48.8 Å². The number of hydrogen-bond donors (Lipinski definition) is 0. The zero-order valence-corrected chi connectivity index (χ0v) is 21.4. The van der Waals surface area contributed by atoms with Crippen LogP contribution in [0.15, 0.2) is 58.0 Å². The van der Waals surface area contributed by atoms with Crippen LogP contribution < -0.4 is 4.74 Å². The maximum atomic E-state index is 13.5. The van der Waals surface area contributed by atoms with E-state index in [1.165, 1.54) is 3.97 Å². The molecule has 3 aromatic rings. The molecular weight excluding hydrogens is 525 g/mol. The average molecular weight is 551 g/mol. The lowest BCUT2D eigenvalue weighted by Crippen LogP contribution is -2.43. The number of benzene rings is 2. The van der Waals surface area contributed by atoms with Gasteiger partial charge in [-0.15, -0.1) is 24.8 Å². The fourth-order valence-electron chi connectivity index (χ4n) is 3.80. The molecule has 0 N–H and O–H groups in total. The molecule has 0 amide bonds. The van der Waals surface area contributed by atoms with E-state index in [0.717, 1.165) is 37.1 Å². The molecule has 6 nitrogen and oxygen atoms in total. The maximum absolute atomic E-state index is 13.5. The first-order valence-electron chi connectivity index (χ1n) is 9.50. The van der Waals surface area contributed by atoms with E-state index in [2.05, 4.69) is 32.8 Å². The van der Waals surface area contributed by atoms with E-state index in [1.54, 1.807) is 37.6 Å². The highest BCUT2D eigenvalue weighted by atomic mass is 79.9. The number of ether oxygens (including phenoxy) is 1. The average Bonchev–Trinajstić information content (AvgIpc) is 3.09. The van der Waals surface area contributed by atoms with Crippen LogP contribution in [0.25, 0.3) is 10.9 Å². The lowest BCUT2D eigenvalue weighted by molar-refractivity contribution is 0.148. The predicted molar refractivity (Wildman–Crippen MR) is 132 cm³/mol. The molecule has 0 spiro atoms. The van der Waals surface area contributed by atoms with Gasteiger partial charge in [-0.2, -0.15) is 0 Å². The Balaban J connectivity index is 0.00000171. The van der Waals surface area contributed by atoms with Gasteiger partial charge in [-0.05, 0) is 52.8 Å². The molecule has 1 aliphatic rings. The quantitative estimate of drug-likeness (QED) is 0.475. The van der Waals surface area contributed by atoms with E-state index >= 15 is 0 Å². The molecule has 1 aromatic heterocycles. The van der Waals surface area contributed by atoms with Gasteiger partial charge in [-0.3, -0.25) is 4.90 Å². The Morgan fingerprint density at radius 1 is 1.00 bits per heavy atom. The SMILES string of the molecule is COc1cccc2c1c(CN1CCN(C)CC1)cn2S(=O)(=O)c1ccccc1Br.Cl.Cl. The molecule has 2 aromatic carbocycles. The Labute approximate surface area is 204 Å². The van der Waals surface area contributed by atoms with Crippen molar-refractivity contribution in [2.45, 2.75) is 11.4 Å². The van der Waals surface area contributed by atoms with Crippen LogP contribution in [0.3, 0.4) is 0 Å². The first kappa shape index (κ1) is 26.0. The van der Waals surface area contributed by atoms with Crippen molar-refractivity contribution in [1.29, 1.82) is 0 Å². The molecule has 0 radical (unpaired) electrons. The Bertz CT molecular complexity index is 1150. The van der Waals surface area contributed by atoms with Crippen LogP contribution in [0.4, 0.5) is 0 Å². The third-order valence-electron chi connectivity index (χ3n) is 5.42. The Kier molecular flexibility index (Phi) is 8.84. The first-order valence-corrected chi connectivity index (χ1v) is 11.7. The van der Waals surface area contributed by atoms with Crippen LogP contribution in [-0.2, 0) is 16.6 Å². The third-order valence-corrected chi connectivity index (χ3v) is 8.10. The van der Waals surface area contributed by atoms with Crippen molar-refractivity contribution in [3.63, 3.8) is 0 Å². The molecule has 2 heterocycles. The summed E-state index contributed by atoms with van der Waals surface area (Å²) in [6.45, 7) is 4.60. The predicted octanol–water partition coefficient (Wildman–Crippen LogP) is 4.24. The molecule has 0 atom stereocenters. The standard InChI is InChI=1S/C21H24BrN3O3S.2ClH/c1-23-10-12-24(13-11-23)14-16-15-25(18-7-5-8-19(28-2)21(16)18)29(26,27)20-9-4-3-6-17(20)22;;/h3-9,15H,10-14H2,1-2H3;2*1H. The second-order valence-corrected chi connectivity index (χ2v) is 9.96. The van der Waals surface area contributed by atoms with Gasteiger partial charge >= 0.3 is 0 Å². The van der Waals surface area contributed by atoms with Crippen molar-refractivity contribution < 1.29 is 13.2 Å². The van der Waals surface area contributed by atoms with Crippen molar-refractivity contribution in [2.24, 2.45) is 0 Å². The monoisotopic (exact) mass is 549 g/mol. The number of halogens is 3. The molecular formula is C21H26BrCl2N3O3S. The molecule has 10 heteroatoms. The van der Waals surface area contributed by atoms with Gasteiger partial charge in [0.1, 0.15) is 10.6 Å². The Morgan fingerprint density at radius 2 is 1.68 bits per heavy atom. The van der Waals surface area contributed by atoms with Gasteiger partial charge in [0.15, 0.2) is 0 Å². The van der Waals surface area contributed by atoms with Gasteiger partial charge in [-0.1, -0.05) is 18.2 Å². The molecule has 31 heavy (non-hydrogen) atoms. The molecule has 0 aliphatic carbocycles. The van der Waals surface area contributed by atoms with Crippen molar-refractivity contribution >= 4 is 61.7 Å². The zero-order chi connectivity index (χ0) is 20.6. The topological polar surface area (TPSA) is 54.8 Å². The second kappa shape index (κ2) is 10.6. The van der Waals surface area contributed by atoms with Crippen molar-refractivity contribution in [1.82, 2.24) is 13.8 Å². The fourth-order valence-corrected chi connectivity index (χ4v) is 6.15. The largest absolute Gasteiger partial charge is 0.496 e. The van der Waals surface area contributed by atoms with Crippen LogP contribution in [0.5, 0.6) is 5.75 Å². The van der Waals surface area contributed by atoms with Crippen LogP contribution in [-0.4, -0.2) is 62.5 Å². The molecule has 170 valence electrons. The summed E-state index contributed by atoms with van der Waals surface area (Å²) in [6.07, 6.45) is 1.75. The van der Waals surface area contributed by atoms with Gasteiger partial charge in [0.25, 0.3) is 10.0 Å². The number of piperazine rings is 1. The molecule has 0 unspecified atom stereocenters. The number of rotatable bonds is 5. The van der Waals surface area contributed by atoms with Crippen LogP contribution in [0.1, 0.15) is 5.56 Å². The van der Waals surface area contributed by atoms with E-state index in [-0.39, 0.29) is 29.7 Å². The third kappa shape index (κ3) is 5.05. The second-order valence-electron chi connectivity index (χ2n) is 7.32. The highest BCUT2D eigenvalue weighted by molar-refractivity contribution is 9.10. The summed E-state index contributed by atoms with van der Waals surface area (Å²) in [4.78, 5) is 4.90.